The maximum absolute atomic E-state index is 11.0. The van der Waals surface area contributed by atoms with Crippen LogP contribution in [0, 0.1) is 0 Å². The first-order valence-corrected chi connectivity index (χ1v) is 7.73. The summed E-state index contributed by atoms with van der Waals surface area (Å²) in [4.78, 5) is 0. The summed E-state index contributed by atoms with van der Waals surface area (Å²) in [6.07, 6.45) is 5.05. The molecule has 0 spiro atoms. The standard InChI is InChI=1S/C6H12OS3/c7-10-6-4-2-1-3-5-8-9-10/h1-6H2. The van der Waals surface area contributed by atoms with Crippen molar-refractivity contribution in [3.8, 4) is 0 Å². The molecule has 0 aromatic heterocycles. The van der Waals surface area contributed by atoms with Crippen LogP contribution in [-0.4, -0.2) is 16.1 Å². The Bertz CT molecular complexity index is 79.1. The highest BCUT2D eigenvalue weighted by Gasteiger charge is 2.10. The lowest BCUT2D eigenvalue weighted by Crippen LogP contribution is -1.98. The molecular formula is C6H12OS3. The molecule has 10 heavy (non-hydrogen) atoms. The molecule has 60 valence electrons. The zero-order chi connectivity index (χ0) is 7.23. The highest BCUT2D eigenvalue weighted by atomic mass is 33.5. The summed E-state index contributed by atoms with van der Waals surface area (Å²) in [5.74, 6) is 2.08. The number of rotatable bonds is 0. The van der Waals surface area contributed by atoms with Gasteiger partial charge in [0.15, 0.2) is 9.83 Å². The van der Waals surface area contributed by atoms with E-state index in [0.29, 0.717) is 0 Å². The molecular weight excluding hydrogens is 184 g/mol. The van der Waals surface area contributed by atoms with Crippen molar-refractivity contribution >= 4 is 30.8 Å². The monoisotopic (exact) mass is 196 g/mol. The molecule has 1 saturated heterocycles. The van der Waals surface area contributed by atoms with E-state index in [1.165, 1.54) is 25.0 Å². The van der Waals surface area contributed by atoms with Crippen LogP contribution >= 0.6 is 20.6 Å². The third kappa shape index (κ3) is 4.01. The molecule has 0 radical (unpaired) electrons. The van der Waals surface area contributed by atoms with Crippen molar-refractivity contribution in [3.63, 3.8) is 0 Å². The van der Waals surface area contributed by atoms with Crippen molar-refractivity contribution in [2.45, 2.75) is 25.7 Å². The molecule has 1 fully saturated rings. The summed E-state index contributed by atoms with van der Waals surface area (Å²) >= 11 is 0. The van der Waals surface area contributed by atoms with Gasteiger partial charge in [-0.15, -0.1) is 0 Å². The quantitative estimate of drug-likeness (QED) is 0.439. The normalized spacial score (nSPS) is 30.3. The molecule has 0 bridgehead atoms. The van der Waals surface area contributed by atoms with Crippen LogP contribution < -0.4 is 0 Å². The van der Waals surface area contributed by atoms with Gasteiger partial charge in [0.25, 0.3) is 0 Å². The first kappa shape index (κ1) is 9.10. The Morgan fingerprint density at radius 2 is 1.90 bits per heavy atom. The van der Waals surface area contributed by atoms with E-state index in [4.69, 9.17) is 0 Å². The third-order valence-electron chi connectivity index (χ3n) is 1.41. The average molecular weight is 196 g/mol. The Labute approximate surface area is 72.7 Å². The van der Waals surface area contributed by atoms with E-state index in [-0.39, 0.29) is 0 Å². The molecule has 1 heterocycles. The zero-order valence-electron chi connectivity index (χ0n) is 5.88. The summed E-state index contributed by atoms with van der Waals surface area (Å²) < 4.78 is 11.0. The van der Waals surface area contributed by atoms with E-state index in [0.717, 1.165) is 12.2 Å². The van der Waals surface area contributed by atoms with E-state index in [9.17, 15) is 4.55 Å². The fraction of sp³-hybridized carbons (Fsp3) is 1.00. The predicted molar refractivity (Wildman–Crippen MR) is 51.5 cm³/mol. The van der Waals surface area contributed by atoms with Crippen LogP contribution in [0.15, 0.2) is 0 Å². The summed E-state index contributed by atoms with van der Waals surface area (Å²) in [7, 11) is 2.72. The maximum atomic E-state index is 11.0. The molecule has 1 rings (SSSR count). The topological polar surface area (TPSA) is 23.1 Å². The summed E-state index contributed by atoms with van der Waals surface area (Å²) in [5.41, 5.74) is 0. The van der Waals surface area contributed by atoms with E-state index in [1.54, 1.807) is 20.6 Å². The Morgan fingerprint density at radius 3 is 2.80 bits per heavy atom. The fourth-order valence-corrected chi connectivity index (χ4v) is 5.49. The highest BCUT2D eigenvalue weighted by Crippen LogP contribution is 2.31. The molecule has 4 heteroatoms. The van der Waals surface area contributed by atoms with Gasteiger partial charge in [-0.05, 0) is 30.1 Å². The minimum Gasteiger partial charge on any atom is -0.604 e. The first-order valence-electron chi connectivity index (χ1n) is 3.58. The van der Waals surface area contributed by atoms with Gasteiger partial charge in [0, 0.05) is 16.0 Å². The maximum Gasteiger partial charge on any atom is 0.160 e. The smallest absolute Gasteiger partial charge is 0.160 e. The molecule has 1 unspecified atom stereocenters. The lowest BCUT2D eigenvalue weighted by Gasteiger charge is -2.03. The van der Waals surface area contributed by atoms with Crippen LogP contribution in [0.3, 0.4) is 0 Å². The minimum absolute atomic E-state index is 0.600. The number of hydrogen-bond donors (Lipinski definition) is 0. The molecule has 1 nitrogen and oxygen atoms in total. The predicted octanol–water partition coefficient (Wildman–Crippen LogP) is 2.61. The second-order valence-corrected chi connectivity index (χ2v) is 7.56. The summed E-state index contributed by atoms with van der Waals surface area (Å²) in [6.45, 7) is 0. The van der Waals surface area contributed by atoms with E-state index in [2.05, 4.69) is 0 Å². The SMILES string of the molecule is [O-][S+]1CCCCCCSS1. The van der Waals surface area contributed by atoms with Crippen molar-refractivity contribution in [2.24, 2.45) is 0 Å². The zero-order valence-corrected chi connectivity index (χ0v) is 8.33. The third-order valence-corrected chi connectivity index (χ3v) is 6.71. The van der Waals surface area contributed by atoms with Crippen molar-refractivity contribution in [1.82, 2.24) is 0 Å². The molecule has 1 atom stereocenters. The minimum atomic E-state index is -0.600. The molecule has 0 N–H and O–H groups in total. The van der Waals surface area contributed by atoms with E-state index in [1.807, 2.05) is 0 Å². The lowest BCUT2D eigenvalue weighted by molar-refractivity contribution is 0.603. The highest BCUT2D eigenvalue weighted by molar-refractivity contribution is 9.06. The van der Waals surface area contributed by atoms with Crippen LogP contribution in [-0.2, 0) is 10.2 Å². The van der Waals surface area contributed by atoms with Gasteiger partial charge in [-0.3, -0.25) is 0 Å². The Hall–Kier alpha value is 1.01. The van der Waals surface area contributed by atoms with Crippen LogP contribution in [0.5, 0.6) is 0 Å². The molecule has 0 aromatic rings. The van der Waals surface area contributed by atoms with Gasteiger partial charge in [0.2, 0.25) is 0 Å². The van der Waals surface area contributed by atoms with E-state index < -0.39 is 10.2 Å². The summed E-state index contributed by atoms with van der Waals surface area (Å²) in [6, 6.07) is 0. The van der Waals surface area contributed by atoms with Crippen LogP contribution in [0.4, 0.5) is 0 Å². The van der Waals surface area contributed by atoms with Gasteiger partial charge in [-0.25, -0.2) is 0 Å². The van der Waals surface area contributed by atoms with Crippen LogP contribution in [0.2, 0.25) is 0 Å². The lowest BCUT2D eigenvalue weighted by atomic mass is 10.2. The average Bonchev–Trinajstić information content (AvgIpc) is 2.02. The second kappa shape index (κ2) is 5.63. The largest absolute Gasteiger partial charge is 0.604 e. The van der Waals surface area contributed by atoms with Gasteiger partial charge in [-0.1, -0.05) is 6.42 Å². The van der Waals surface area contributed by atoms with Crippen molar-refractivity contribution in [3.05, 3.63) is 0 Å². The molecule has 0 amide bonds. The Kier molecular flexibility index (Phi) is 5.13. The summed E-state index contributed by atoms with van der Waals surface area (Å²) in [5, 5.41) is 0. The molecule has 0 saturated carbocycles. The molecule has 1 aliphatic heterocycles. The van der Waals surface area contributed by atoms with Crippen LogP contribution in [0.25, 0.3) is 0 Å². The van der Waals surface area contributed by atoms with Crippen LogP contribution in [0.1, 0.15) is 25.7 Å². The Balaban J connectivity index is 2.15. The van der Waals surface area contributed by atoms with Gasteiger partial charge >= 0.3 is 0 Å². The number of hydrogen-bond acceptors (Lipinski definition) is 3. The van der Waals surface area contributed by atoms with Crippen molar-refractivity contribution in [1.29, 1.82) is 0 Å². The Morgan fingerprint density at radius 1 is 1.10 bits per heavy atom. The van der Waals surface area contributed by atoms with Gasteiger partial charge < -0.3 is 4.55 Å². The molecule has 0 aliphatic carbocycles. The van der Waals surface area contributed by atoms with Gasteiger partial charge in [0.05, 0.1) is 0 Å². The van der Waals surface area contributed by atoms with Crippen molar-refractivity contribution < 1.29 is 4.55 Å². The first-order chi connectivity index (χ1) is 4.89. The van der Waals surface area contributed by atoms with E-state index >= 15 is 0 Å². The second-order valence-electron chi connectivity index (χ2n) is 2.31. The van der Waals surface area contributed by atoms with Gasteiger partial charge in [0.1, 0.15) is 5.75 Å². The molecule has 1 aliphatic rings. The van der Waals surface area contributed by atoms with Crippen molar-refractivity contribution in [2.75, 3.05) is 11.5 Å². The fourth-order valence-electron chi connectivity index (χ4n) is 0.856. The van der Waals surface area contributed by atoms with Gasteiger partial charge in [-0.2, -0.15) is 0 Å². The molecule has 0 aromatic carbocycles.